The van der Waals surface area contributed by atoms with Gasteiger partial charge in [-0.3, -0.25) is 14.5 Å². The number of rotatable bonds is 8. The topological polar surface area (TPSA) is 125 Å². The molecule has 3 N–H and O–H groups in total. The van der Waals surface area contributed by atoms with Gasteiger partial charge in [0.25, 0.3) is 0 Å². The van der Waals surface area contributed by atoms with Crippen molar-refractivity contribution in [3.8, 4) is 5.75 Å². The number of para-hydroxylation sites is 1. The average Bonchev–Trinajstić information content (AvgIpc) is 3.23. The predicted molar refractivity (Wildman–Crippen MR) is 101 cm³/mol. The van der Waals surface area contributed by atoms with Gasteiger partial charge in [0, 0.05) is 25.2 Å². The van der Waals surface area contributed by atoms with Gasteiger partial charge in [0.05, 0.1) is 26.1 Å². The number of amides is 2. The quantitative estimate of drug-likeness (QED) is 0.571. The third-order valence-corrected chi connectivity index (χ3v) is 4.43. The van der Waals surface area contributed by atoms with Crippen LogP contribution >= 0.6 is 0 Å². The molecule has 2 aromatic rings. The van der Waals surface area contributed by atoms with Crippen LogP contribution in [-0.2, 0) is 16.1 Å². The van der Waals surface area contributed by atoms with Crippen LogP contribution in [0.3, 0.4) is 0 Å². The maximum absolute atomic E-state index is 12.3. The SMILES string of the molecule is COc1ccccc1/C=C/CN1CCNC(=O)C1CC(=O)NCc1nn[nH]n1. The van der Waals surface area contributed by atoms with Crippen LogP contribution in [0.4, 0.5) is 0 Å². The number of hydrogen-bond donors (Lipinski definition) is 3. The van der Waals surface area contributed by atoms with E-state index in [0.717, 1.165) is 11.3 Å². The van der Waals surface area contributed by atoms with Gasteiger partial charge in [-0.1, -0.05) is 35.6 Å². The van der Waals surface area contributed by atoms with Crippen LogP contribution in [0.2, 0.25) is 0 Å². The molecule has 3 rings (SSSR count). The number of piperazine rings is 1. The smallest absolute Gasteiger partial charge is 0.237 e. The number of benzene rings is 1. The molecule has 0 spiro atoms. The van der Waals surface area contributed by atoms with Crippen LogP contribution in [0, 0.1) is 0 Å². The highest BCUT2D eigenvalue weighted by Crippen LogP contribution is 2.19. The predicted octanol–water partition coefficient (Wildman–Crippen LogP) is -0.272. The first-order valence-electron chi connectivity index (χ1n) is 8.97. The van der Waals surface area contributed by atoms with E-state index in [1.54, 1.807) is 7.11 Å². The Kier molecular flexibility index (Phi) is 6.68. The lowest BCUT2D eigenvalue weighted by Crippen LogP contribution is -2.56. The Morgan fingerprint density at radius 3 is 3.07 bits per heavy atom. The first-order chi connectivity index (χ1) is 13.7. The highest BCUT2D eigenvalue weighted by Gasteiger charge is 2.30. The van der Waals surface area contributed by atoms with Gasteiger partial charge in [-0.2, -0.15) is 5.21 Å². The van der Waals surface area contributed by atoms with Crippen molar-refractivity contribution < 1.29 is 14.3 Å². The summed E-state index contributed by atoms with van der Waals surface area (Å²) in [6.07, 6.45) is 3.99. The van der Waals surface area contributed by atoms with E-state index in [1.807, 2.05) is 41.3 Å². The molecule has 2 amide bonds. The van der Waals surface area contributed by atoms with Crippen LogP contribution < -0.4 is 15.4 Å². The molecule has 10 heteroatoms. The Labute approximate surface area is 162 Å². The van der Waals surface area contributed by atoms with E-state index < -0.39 is 6.04 Å². The second kappa shape index (κ2) is 9.60. The third kappa shape index (κ3) is 5.13. The number of aromatic nitrogens is 4. The molecule has 0 aliphatic carbocycles. The highest BCUT2D eigenvalue weighted by molar-refractivity contribution is 5.88. The average molecular weight is 385 g/mol. The number of ether oxygens (including phenoxy) is 1. The minimum Gasteiger partial charge on any atom is -0.496 e. The minimum atomic E-state index is -0.527. The van der Waals surface area contributed by atoms with E-state index in [2.05, 4.69) is 31.3 Å². The zero-order valence-corrected chi connectivity index (χ0v) is 15.6. The first-order valence-corrected chi connectivity index (χ1v) is 8.97. The monoisotopic (exact) mass is 385 g/mol. The Bertz CT molecular complexity index is 822. The summed E-state index contributed by atoms with van der Waals surface area (Å²) in [4.78, 5) is 26.5. The number of H-pyrrole nitrogens is 1. The molecule has 1 aromatic carbocycles. The molecule has 10 nitrogen and oxygen atoms in total. The fraction of sp³-hybridized carbons (Fsp3) is 0.389. The van der Waals surface area contributed by atoms with Crippen LogP contribution in [-0.4, -0.2) is 70.1 Å². The number of carbonyl (C=O) groups is 2. The number of aromatic amines is 1. The molecule has 1 fully saturated rings. The fourth-order valence-electron chi connectivity index (χ4n) is 3.00. The lowest BCUT2D eigenvalue weighted by Gasteiger charge is -2.33. The van der Waals surface area contributed by atoms with Crippen LogP contribution in [0.5, 0.6) is 5.75 Å². The van der Waals surface area contributed by atoms with Crippen molar-refractivity contribution in [2.24, 2.45) is 0 Å². The fourth-order valence-corrected chi connectivity index (χ4v) is 3.00. The highest BCUT2D eigenvalue weighted by atomic mass is 16.5. The van der Waals surface area contributed by atoms with Gasteiger partial charge in [0.2, 0.25) is 11.8 Å². The normalized spacial score (nSPS) is 17.5. The Morgan fingerprint density at radius 1 is 1.43 bits per heavy atom. The summed E-state index contributed by atoms with van der Waals surface area (Å²) in [6, 6.07) is 7.18. The summed E-state index contributed by atoms with van der Waals surface area (Å²) in [5.74, 6) is 0.780. The second-order valence-electron chi connectivity index (χ2n) is 6.25. The number of nitrogens with one attached hydrogen (secondary N) is 3. The summed E-state index contributed by atoms with van der Waals surface area (Å²) in [5.41, 5.74) is 0.959. The lowest BCUT2D eigenvalue weighted by molar-refractivity contribution is -0.133. The van der Waals surface area contributed by atoms with E-state index in [4.69, 9.17) is 4.74 Å². The molecule has 2 heterocycles. The van der Waals surface area contributed by atoms with Gasteiger partial charge in [0.1, 0.15) is 5.75 Å². The molecule has 1 aliphatic heterocycles. The van der Waals surface area contributed by atoms with Crippen molar-refractivity contribution in [1.82, 2.24) is 36.2 Å². The van der Waals surface area contributed by atoms with Gasteiger partial charge >= 0.3 is 0 Å². The molecule has 1 aliphatic rings. The molecule has 0 bridgehead atoms. The molecular formula is C18H23N7O3. The van der Waals surface area contributed by atoms with Gasteiger partial charge in [-0.05, 0) is 6.07 Å². The van der Waals surface area contributed by atoms with Gasteiger partial charge < -0.3 is 15.4 Å². The summed E-state index contributed by atoms with van der Waals surface area (Å²) in [5, 5.41) is 18.8. The van der Waals surface area contributed by atoms with Crippen molar-refractivity contribution in [3.05, 3.63) is 41.7 Å². The van der Waals surface area contributed by atoms with Crippen molar-refractivity contribution in [1.29, 1.82) is 0 Å². The number of tetrazole rings is 1. The van der Waals surface area contributed by atoms with E-state index in [1.165, 1.54) is 0 Å². The molecular weight excluding hydrogens is 362 g/mol. The summed E-state index contributed by atoms with van der Waals surface area (Å²) in [7, 11) is 1.63. The number of hydrogen-bond acceptors (Lipinski definition) is 7. The molecule has 0 radical (unpaired) electrons. The van der Waals surface area contributed by atoms with Crippen LogP contribution in [0.1, 0.15) is 17.8 Å². The number of carbonyl (C=O) groups excluding carboxylic acids is 2. The van der Waals surface area contributed by atoms with Crippen molar-refractivity contribution >= 4 is 17.9 Å². The van der Waals surface area contributed by atoms with Crippen LogP contribution in [0.25, 0.3) is 6.08 Å². The maximum atomic E-state index is 12.3. The molecule has 0 saturated carbocycles. The van der Waals surface area contributed by atoms with Gasteiger partial charge in [-0.15, -0.1) is 10.2 Å². The zero-order valence-electron chi connectivity index (χ0n) is 15.6. The largest absolute Gasteiger partial charge is 0.496 e. The summed E-state index contributed by atoms with van der Waals surface area (Å²) in [6.45, 7) is 1.94. The zero-order chi connectivity index (χ0) is 19.8. The van der Waals surface area contributed by atoms with E-state index in [-0.39, 0.29) is 24.8 Å². The third-order valence-electron chi connectivity index (χ3n) is 4.43. The molecule has 28 heavy (non-hydrogen) atoms. The number of methoxy groups -OCH3 is 1. The Morgan fingerprint density at radius 2 is 2.29 bits per heavy atom. The Hall–Kier alpha value is -3.27. The molecule has 148 valence electrons. The van der Waals surface area contributed by atoms with Gasteiger partial charge in [0.15, 0.2) is 5.82 Å². The van der Waals surface area contributed by atoms with Crippen molar-refractivity contribution in [3.63, 3.8) is 0 Å². The second-order valence-corrected chi connectivity index (χ2v) is 6.25. The van der Waals surface area contributed by atoms with E-state index in [9.17, 15) is 9.59 Å². The van der Waals surface area contributed by atoms with E-state index >= 15 is 0 Å². The standard InChI is InChI=1S/C18H23N7O3/c1-28-15-7-3-2-5-13(15)6-4-9-25-10-8-19-18(27)14(25)11-17(26)20-12-16-21-23-24-22-16/h2-7,14H,8-12H2,1H3,(H,19,27)(H,20,26)(H,21,22,23,24)/b6-4+. The molecule has 1 unspecified atom stereocenters. The summed E-state index contributed by atoms with van der Waals surface area (Å²) < 4.78 is 5.34. The lowest BCUT2D eigenvalue weighted by atomic mass is 10.1. The molecule has 1 aromatic heterocycles. The van der Waals surface area contributed by atoms with Crippen molar-refractivity contribution in [2.45, 2.75) is 19.0 Å². The molecule has 1 saturated heterocycles. The van der Waals surface area contributed by atoms with Crippen LogP contribution in [0.15, 0.2) is 30.3 Å². The summed E-state index contributed by atoms with van der Waals surface area (Å²) >= 11 is 0. The van der Waals surface area contributed by atoms with Crippen molar-refractivity contribution in [2.75, 3.05) is 26.7 Å². The maximum Gasteiger partial charge on any atom is 0.237 e. The Balaban J connectivity index is 1.57. The minimum absolute atomic E-state index is 0.0617. The first kappa shape index (κ1) is 19.5. The van der Waals surface area contributed by atoms with E-state index in [0.29, 0.717) is 25.5 Å². The number of nitrogens with zero attached hydrogens (tertiary/aromatic N) is 4. The van der Waals surface area contributed by atoms with Gasteiger partial charge in [-0.25, -0.2) is 0 Å². The molecule has 1 atom stereocenters.